The predicted molar refractivity (Wildman–Crippen MR) is 71.8 cm³/mol. The number of carbonyl (C=O) groups excluding carboxylic acids is 1. The van der Waals surface area contributed by atoms with Crippen LogP contribution in [0.15, 0.2) is 34.8 Å². The molecule has 20 heavy (non-hydrogen) atoms. The summed E-state index contributed by atoms with van der Waals surface area (Å²) in [6.45, 7) is 0. The van der Waals surface area contributed by atoms with E-state index >= 15 is 0 Å². The summed E-state index contributed by atoms with van der Waals surface area (Å²) in [5, 5.41) is 21.2. The van der Waals surface area contributed by atoms with Gasteiger partial charge in [0.25, 0.3) is 5.91 Å². The summed E-state index contributed by atoms with van der Waals surface area (Å²) in [4.78, 5) is 11.9. The summed E-state index contributed by atoms with van der Waals surface area (Å²) in [7, 11) is 0. The Morgan fingerprint density at radius 2 is 1.70 bits per heavy atom. The van der Waals surface area contributed by atoms with Crippen LogP contribution in [0, 0.1) is 11.6 Å². The van der Waals surface area contributed by atoms with Crippen LogP contribution in [0.3, 0.4) is 0 Å². The van der Waals surface area contributed by atoms with Gasteiger partial charge in [-0.2, -0.15) is 0 Å². The van der Waals surface area contributed by atoms with E-state index in [9.17, 15) is 23.8 Å². The zero-order chi connectivity index (χ0) is 14.9. The minimum Gasteiger partial charge on any atom is -0.507 e. The van der Waals surface area contributed by atoms with Gasteiger partial charge in [-0.1, -0.05) is 6.07 Å². The Bertz CT molecular complexity index is 671. The van der Waals surface area contributed by atoms with Crippen LogP contribution < -0.4 is 5.32 Å². The van der Waals surface area contributed by atoms with Gasteiger partial charge in [0.1, 0.15) is 28.7 Å². The Labute approximate surface area is 120 Å². The molecule has 2 rings (SSSR count). The van der Waals surface area contributed by atoms with Crippen molar-refractivity contribution in [1.82, 2.24) is 0 Å². The molecule has 0 spiro atoms. The molecule has 0 saturated heterocycles. The molecule has 0 heterocycles. The number of amides is 1. The van der Waals surface area contributed by atoms with E-state index < -0.39 is 34.6 Å². The molecule has 0 aliphatic heterocycles. The lowest BCUT2D eigenvalue weighted by Crippen LogP contribution is -2.13. The number of halogens is 3. The number of phenols is 2. The lowest BCUT2D eigenvalue weighted by molar-refractivity contribution is 0.102. The fraction of sp³-hybridized carbons (Fsp3) is 0. The van der Waals surface area contributed by atoms with Crippen LogP contribution in [-0.4, -0.2) is 16.1 Å². The van der Waals surface area contributed by atoms with Gasteiger partial charge in [0.05, 0.1) is 10.2 Å². The first-order valence-corrected chi connectivity index (χ1v) is 6.16. The van der Waals surface area contributed by atoms with Crippen molar-refractivity contribution >= 4 is 27.5 Å². The molecule has 3 N–H and O–H groups in total. The topological polar surface area (TPSA) is 69.6 Å². The Kier molecular flexibility index (Phi) is 3.89. The largest absolute Gasteiger partial charge is 0.507 e. The van der Waals surface area contributed by atoms with E-state index in [0.29, 0.717) is 6.07 Å². The molecule has 0 saturated carbocycles. The van der Waals surface area contributed by atoms with Crippen molar-refractivity contribution in [3.8, 4) is 11.5 Å². The molecule has 104 valence electrons. The second kappa shape index (κ2) is 5.46. The molecule has 0 radical (unpaired) electrons. The van der Waals surface area contributed by atoms with Crippen molar-refractivity contribution < 1.29 is 23.8 Å². The maximum atomic E-state index is 13.5. The zero-order valence-corrected chi connectivity index (χ0v) is 11.4. The van der Waals surface area contributed by atoms with Crippen molar-refractivity contribution in [2.24, 2.45) is 0 Å². The number of aromatic hydroxyl groups is 2. The molecular weight excluding hydrogens is 336 g/mol. The molecule has 0 aromatic heterocycles. The van der Waals surface area contributed by atoms with E-state index in [-0.39, 0.29) is 10.2 Å². The van der Waals surface area contributed by atoms with E-state index in [4.69, 9.17) is 0 Å². The molecule has 0 bridgehead atoms. The van der Waals surface area contributed by atoms with Gasteiger partial charge in [0.2, 0.25) is 0 Å². The normalized spacial score (nSPS) is 10.3. The van der Waals surface area contributed by atoms with Crippen molar-refractivity contribution in [3.05, 3.63) is 52.0 Å². The highest BCUT2D eigenvalue weighted by Gasteiger charge is 2.18. The van der Waals surface area contributed by atoms with Crippen LogP contribution >= 0.6 is 15.9 Å². The molecule has 1 amide bonds. The number of rotatable bonds is 2. The van der Waals surface area contributed by atoms with Crippen LogP contribution in [0.1, 0.15) is 10.4 Å². The van der Waals surface area contributed by atoms with Gasteiger partial charge in [-0.05, 0) is 34.1 Å². The second-order valence-electron chi connectivity index (χ2n) is 3.87. The summed E-state index contributed by atoms with van der Waals surface area (Å²) in [5.41, 5.74) is -0.682. The molecule has 7 heteroatoms. The molecule has 2 aromatic rings. The van der Waals surface area contributed by atoms with E-state index in [1.807, 2.05) is 0 Å². The van der Waals surface area contributed by atoms with Crippen molar-refractivity contribution in [2.45, 2.75) is 0 Å². The third-order valence-corrected chi connectivity index (χ3v) is 3.11. The van der Waals surface area contributed by atoms with Crippen LogP contribution in [0.2, 0.25) is 0 Å². The van der Waals surface area contributed by atoms with Gasteiger partial charge < -0.3 is 15.5 Å². The van der Waals surface area contributed by atoms with Crippen LogP contribution in [0.5, 0.6) is 11.5 Å². The maximum Gasteiger partial charge on any atom is 0.263 e. The Morgan fingerprint density at radius 3 is 2.30 bits per heavy atom. The number of nitrogens with one attached hydrogen (secondary N) is 1. The average molecular weight is 344 g/mol. The standard InChI is InChI=1S/C13H8BrF2NO3/c14-6-4-9(8(16)5-7(6)15)17-13(20)12-10(18)2-1-3-11(12)19/h1-5,18-19H,(H,17,20). The highest BCUT2D eigenvalue weighted by Crippen LogP contribution is 2.29. The highest BCUT2D eigenvalue weighted by atomic mass is 79.9. The zero-order valence-electron chi connectivity index (χ0n) is 9.82. The van der Waals surface area contributed by atoms with Crippen molar-refractivity contribution in [1.29, 1.82) is 0 Å². The first kappa shape index (κ1) is 14.3. The number of carbonyl (C=O) groups is 1. The van der Waals surface area contributed by atoms with Crippen LogP contribution in [0.4, 0.5) is 14.5 Å². The molecule has 0 fully saturated rings. The van der Waals surface area contributed by atoms with Gasteiger partial charge in [0, 0.05) is 6.07 Å². The van der Waals surface area contributed by atoms with E-state index in [1.165, 1.54) is 18.2 Å². The Morgan fingerprint density at radius 1 is 1.10 bits per heavy atom. The fourth-order valence-corrected chi connectivity index (χ4v) is 1.91. The molecule has 0 aliphatic carbocycles. The summed E-state index contributed by atoms with van der Waals surface area (Å²) < 4.78 is 26.5. The number of benzene rings is 2. The fourth-order valence-electron chi connectivity index (χ4n) is 1.56. The van der Waals surface area contributed by atoms with Gasteiger partial charge in [-0.15, -0.1) is 0 Å². The Balaban J connectivity index is 2.35. The quantitative estimate of drug-likeness (QED) is 0.732. The molecule has 0 aliphatic rings. The molecular formula is C13H8BrF2NO3. The smallest absolute Gasteiger partial charge is 0.263 e. The number of hydrogen-bond acceptors (Lipinski definition) is 3. The van der Waals surface area contributed by atoms with E-state index in [1.54, 1.807) is 0 Å². The monoisotopic (exact) mass is 343 g/mol. The molecule has 0 unspecified atom stereocenters. The van der Waals surface area contributed by atoms with E-state index in [2.05, 4.69) is 21.2 Å². The van der Waals surface area contributed by atoms with Crippen molar-refractivity contribution in [3.63, 3.8) is 0 Å². The number of phenolic OH excluding ortho intramolecular Hbond substituents is 2. The summed E-state index contributed by atoms with van der Waals surface area (Å²) >= 11 is 2.86. The highest BCUT2D eigenvalue weighted by molar-refractivity contribution is 9.10. The molecule has 4 nitrogen and oxygen atoms in total. The minimum absolute atomic E-state index is 0.0318. The first-order valence-electron chi connectivity index (χ1n) is 5.37. The van der Waals surface area contributed by atoms with Gasteiger partial charge in [0.15, 0.2) is 0 Å². The van der Waals surface area contributed by atoms with Crippen molar-refractivity contribution in [2.75, 3.05) is 5.32 Å². The third-order valence-electron chi connectivity index (χ3n) is 2.51. The average Bonchev–Trinajstić information content (AvgIpc) is 2.35. The lowest BCUT2D eigenvalue weighted by Gasteiger charge is -2.09. The lowest BCUT2D eigenvalue weighted by atomic mass is 10.1. The Hall–Kier alpha value is -2.15. The molecule has 0 atom stereocenters. The summed E-state index contributed by atoms with van der Waals surface area (Å²) in [6, 6.07) is 5.39. The van der Waals surface area contributed by atoms with Gasteiger partial charge in [-0.3, -0.25) is 4.79 Å². The number of hydrogen-bond donors (Lipinski definition) is 3. The number of anilines is 1. The third kappa shape index (κ3) is 2.72. The molecule has 2 aromatic carbocycles. The first-order chi connectivity index (χ1) is 9.40. The van der Waals surface area contributed by atoms with Crippen LogP contribution in [-0.2, 0) is 0 Å². The predicted octanol–water partition coefficient (Wildman–Crippen LogP) is 3.39. The maximum absolute atomic E-state index is 13.5. The van der Waals surface area contributed by atoms with Gasteiger partial charge >= 0.3 is 0 Å². The van der Waals surface area contributed by atoms with Gasteiger partial charge in [-0.25, -0.2) is 8.78 Å². The van der Waals surface area contributed by atoms with Crippen LogP contribution in [0.25, 0.3) is 0 Å². The minimum atomic E-state index is -0.978. The summed E-state index contributed by atoms with van der Waals surface area (Å²) in [6.07, 6.45) is 0. The summed E-state index contributed by atoms with van der Waals surface area (Å²) in [5.74, 6) is -3.62. The SMILES string of the molecule is O=C(Nc1cc(Br)c(F)cc1F)c1c(O)cccc1O. The van der Waals surface area contributed by atoms with E-state index in [0.717, 1.165) is 6.07 Å². The second-order valence-corrected chi connectivity index (χ2v) is 4.73.